The lowest BCUT2D eigenvalue weighted by Crippen LogP contribution is -1.71. The highest BCUT2D eigenvalue weighted by Crippen LogP contribution is 2.25. The van der Waals surface area contributed by atoms with Crippen LogP contribution < -0.4 is 0 Å². The number of thiazole rings is 1. The Morgan fingerprint density at radius 2 is 2.25 bits per heavy atom. The molecule has 2 heterocycles. The van der Waals surface area contributed by atoms with Crippen LogP contribution in [-0.4, -0.2) is 17.6 Å². The SMILES string of the molecule is O=Cc1nc2coc(C=O)c2s1. The maximum Gasteiger partial charge on any atom is 0.186 e. The molecular weight excluding hydrogens is 178 g/mol. The van der Waals surface area contributed by atoms with Crippen LogP contribution in [0.3, 0.4) is 0 Å². The van der Waals surface area contributed by atoms with Crippen LogP contribution in [0.5, 0.6) is 0 Å². The third-order valence-corrected chi connectivity index (χ3v) is 2.41. The summed E-state index contributed by atoms with van der Waals surface area (Å²) in [5.41, 5.74) is 0.559. The minimum atomic E-state index is 0.232. The first-order chi connectivity index (χ1) is 5.85. The van der Waals surface area contributed by atoms with E-state index in [4.69, 9.17) is 4.42 Å². The summed E-state index contributed by atoms with van der Waals surface area (Å²) >= 11 is 1.15. The second-order valence-electron chi connectivity index (χ2n) is 2.10. The van der Waals surface area contributed by atoms with Crippen molar-refractivity contribution in [2.24, 2.45) is 0 Å². The second kappa shape index (κ2) is 2.53. The van der Waals surface area contributed by atoms with Crippen LogP contribution >= 0.6 is 11.3 Å². The van der Waals surface area contributed by atoms with Crippen molar-refractivity contribution in [3.63, 3.8) is 0 Å². The van der Waals surface area contributed by atoms with E-state index in [9.17, 15) is 9.59 Å². The van der Waals surface area contributed by atoms with Gasteiger partial charge >= 0.3 is 0 Å². The Morgan fingerprint density at radius 3 is 2.92 bits per heavy atom. The average Bonchev–Trinajstić information content (AvgIpc) is 2.61. The van der Waals surface area contributed by atoms with Crippen LogP contribution in [0.25, 0.3) is 10.2 Å². The van der Waals surface area contributed by atoms with Gasteiger partial charge in [0.1, 0.15) is 16.5 Å². The summed E-state index contributed by atoms with van der Waals surface area (Å²) in [7, 11) is 0. The maximum absolute atomic E-state index is 10.4. The summed E-state index contributed by atoms with van der Waals surface area (Å²) in [6.07, 6.45) is 2.62. The van der Waals surface area contributed by atoms with Crippen molar-refractivity contribution in [1.29, 1.82) is 0 Å². The third-order valence-electron chi connectivity index (χ3n) is 1.40. The third kappa shape index (κ3) is 0.868. The van der Waals surface area contributed by atoms with Gasteiger partial charge < -0.3 is 4.42 Å². The molecule has 2 aromatic rings. The standard InChI is InChI=1S/C7H3NO3S/c9-1-5-7-4(3-11-5)8-6(2-10)12-7/h1-3H. The molecular formula is C7H3NO3S. The molecule has 0 fully saturated rings. The molecule has 0 amide bonds. The van der Waals surface area contributed by atoms with E-state index in [-0.39, 0.29) is 5.76 Å². The summed E-state index contributed by atoms with van der Waals surface area (Å²) in [6.45, 7) is 0. The van der Waals surface area contributed by atoms with Gasteiger partial charge in [-0.2, -0.15) is 0 Å². The number of aldehydes is 2. The van der Waals surface area contributed by atoms with E-state index in [2.05, 4.69) is 4.98 Å². The van der Waals surface area contributed by atoms with E-state index in [1.54, 1.807) is 0 Å². The van der Waals surface area contributed by atoms with Crippen LogP contribution in [0, 0.1) is 0 Å². The Bertz CT molecular complexity index is 442. The summed E-state index contributed by atoms with van der Waals surface area (Å²) in [6, 6.07) is 0. The lowest BCUT2D eigenvalue weighted by atomic mass is 10.5. The summed E-state index contributed by atoms with van der Waals surface area (Å²) < 4.78 is 5.50. The molecule has 0 spiro atoms. The van der Waals surface area contributed by atoms with Crippen LogP contribution in [0.1, 0.15) is 20.4 Å². The molecule has 4 nitrogen and oxygen atoms in total. The van der Waals surface area contributed by atoms with Gasteiger partial charge in [-0.1, -0.05) is 0 Å². The number of hydrogen-bond donors (Lipinski definition) is 0. The van der Waals surface area contributed by atoms with Crippen molar-refractivity contribution in [1.82, 2.24) is 4.98 Å². The van der Waals surface area contributed by atoms with E-state index in [0.29, 0.717) is 27.8 Å². The summed E-state index contributed by atoms with van der Waals surface area (Å²) in [5, 5.41) is 0.360. The van der Waals surface area contributed by atoms with Gasteiger partial charge in [0.15, 0.2) is 23.3 Å². The molecule has 60 valence electrons. The Kier molecular flexibility index (Phi) is 1.51. The zero-order chi connectivity index (χ0) is 8.55. The largest absolute Gasteiger partial charge is 0.458 e. The van der Waals surface area contributed by atoms with Gasteiger partial charge in [0.2, 0.25) is 0 Å². The summed E-state index contributed by atoms with van der Waals surface area (Å²) in [4.78, 5) is 24.6. The smallest absolute Gasteiger partial charge is 0.186 e. The van der Waals surface area contributed by atoms with Gasteiger partial charge in [-0.05, 0) is 0 Å². The number of furan rings is 1. The van der Waals surface area contributed by atoms with Crippen LogP contribution in [-0.2, 0) is 0 Å². The molecule has 0 aliphatic rings. The van der Waals surface area contributed by atoms with Crippen molar-refractivity contribution in [2.75, 3.05) is 0 Å². The molecule has 0 aromatic carbocycles. The number of carbonyl (C=O) groups is 2. The van der Waals surface area contributed by atoms with Crippen LogP contribution in [0.2, 0.25) is 0 Å². The first-order valence-electron chi connectivity index (χ1n) is 3.13. The zero-order valence-electron chi connectivity index (χ0n) is 5.81. The highest BCUT2D eigenvalue weighted by atomic mass is 32.1. The predicted molar refractivity (Wildman–Crippen MR) is 42.7 cm³/mol. The lowest BCUT2D eigenvalue weighted by Gasteiger charge is -1.76. The zero-order valence-corrected chi connectivity index (χ0v) is 6.63. The van der Waals surface area contributed by atoms with Crippen molar-refractivity contribution in [3.05, 3.63) is 17.0 Å². The number of carbonyl (C=O) groups excluding carboxylic acids is 2. The number of nitrogens with zero attached hydrogens (tertiary/aromatic N) is 1. The Morgan fingerprint density at radius 1 is 1.42 bits per heavy atom. The molecule has 0 aliphatic carbocycles. The predicted octanol–water partition coefficient (Wildman–Crippen LogP) is 1.51. The summed E-state index contributed by atoms with van der Waals surface area (Å²) in [5.74, 6) is 0.232. The van der Waals surface area contributed by atoms with Gasteiger partial charge in [-0.15, -0.1) is 11.3 Å². The molecule has 0 atom stereocenters. The molecule has 0 aliphatic heterocycles. The maximum atomic E-state index is 10.4. The fourth-order valence-corrected chi connectivity index (χ4v) is 1.71. The molecule has 2 aromatic heterocycles. The molecule has 0 saturated carbocycles. The minimum Gasteiger partial charge on any atom is -0.458 e. The van der Waals surface area contributed by atoms with Gasteiger partial charge in [0, 0.05) is 0 Å². The van der Waals surface area contributed by atoms with Gasteiger partial charge in [-0.25, -0.2) is 4.98 Å². The van der Waals surface area contributed by atoms with Crippen molar-refractivity contribution in [2.45, 2.75) is 0 Å². The van der Waals surface area contributed by atoms with E-state index >= 15 is 0 Å². The highest BCUT2D eigenvalue weighted by molar-refractivity contribution is 7.20. The van der Waals surface area contributed by atoms with Crippen LogP contribution in [0.4, 0.5) is 0 Å². The fourth-order valence-electron chi connectivity index (χ4n) is 0.910. The Labute approximate surface area is 70.8 Å². The van der Waals surface area contributed by atoms with Crippen LogP contribution in [0.15, 0.2) is 10.7 Å². The fraction of sp³-hybridized carbons (Fsp3) is 0. The monoisotopic (exact) mass is 181 g/mol. The molecule has 0 bridgehead atoms. The number of fused-ring (bicyclic) bond motifs is 1. The number of hydrogen-bond acceptors (Lipinski definition) is 5. The Balaban J connectivity index is 2.75. The quantitative estimate of drug-likeness (QED) is 0.659. The van der Waals surface area contributed by atoms with Crippen molar-refractivity contribution < 1.29 is 14.0 Å². The lowest BCUT2D eigenvalue weighted by molar-refractivity contribution is 0.110. The van der Waals surface area contributed by atoms with E-state index < -0.39 is 0 Å². The minimum absolute atomic E-state index is 0.232. The number of aromatic nitrogens is 1. The van der Waals surface area contributed by atoms with Gasteiger partial charge in [0.25, 0.3) is 0 Å². The van der Waals surface area contributed by atoms with Crippen molar-refractivity contribution >= 4 is 34.1 Å². The molecule has 0 unspecified atom stereocenters. The molecule has 5 heteroatoms. The van der Waals surface area contributed by atoms with E-state index in [1.807, 2.05) is 0 Å². The van der Waals surface area contributed by atoms with E-state index in [1.165, 1.54) is 6.26 Å². The number of rotatable bonds is 2. The molecule has 0 saturated heterocycles. The second-order valence-corrected chi connectivity index (χ2v) is 3.13. The Hall–Kier alpha value is -1.49. The average molecular weight is 181 g/mol. The van der Waals surface area contributed by atoms with Gasteiger partial charge in [-0.3, -0.25) is 9.59 Å². The first kappa shape index (κ1) is 7.17. The molecule has 0 N–H and O–H groups in total. The molecule has 0 radical (unpaired) electrons. The topological polar surface area (TPSA) is 60.2 Å². The van der Waals surface area contributed by atoms with E-state index in [0.717, 1.165) is 11.3 Å². The normalized spacial score (nSPS) is 10.3. The highest BCUT2D eigenvalue weighted by Gasteiger charge is 2.10. The van der Waals surface area contributed by atoms with Crippen molar-refractivity contribution in [3.8, 4) is 0 Å². The molecule has 2 rings (SSSR count). The molecule has 12 heavy (non-hydrogen) atoms. The van der Waals surface area contributed by atoms with Gasteiger partial charge in [0.05, 0.1) is 0 Å². The first-order valence-corrected chi connectivity index (χ1v) is 3.95.